The van der Waals surface area contributed by atoms with E-state index in [0.717, 1.165) is 29.0 Å². The Morgan fingerprint density at radius 1 is 1.44 bits per heavy atom. The highest BCUT2D eigenvalue weighted by atomic mass is 16.5. The van der Waals surface area contributed by atoms with Crippen LogP contribution in [0, 0.1) is 0 Å². The number of nitrogens with two attached hydrogens (primary N) is 1. The molecule has 16 heavy (non-hydrogen) atoms. The van der Waals surface area contributed by atoms with Crippen LogP contribution in [0.15, 0.2) is 21.3 Å². The molecule has 0 aromatic carbocycles. The molecular formula is C12H16N2O2. The largest absolute Gasteiger partial charge is 0.469 e. The molecule has 0 aliphatic heterocycles. The van der Waals surface area contributed by atoms with E-state index in [1.807, 2.05) is 13.0 Å². The third-order valence-electron chi connectivity index (χ3n) is 2.65. The van der Waals surface area contributed by atoms with Gasteiger partial charge in [-0.25, -0.2) is 0 Å². The van der Waals surface area contributed by atoms with Gasteiger partial charge in [-0.15, -0.1) is 0 Å². The molecule has 0 spiro atoms. The average molecular weight is 220 g/mol. The Morgan fingerprint density at radius 2 is 2.19 bits per heavy atom. The molecule has 0 saturated carbocycles. The van der Waals surface area contributed by atoms with E-state index in [4.69, 9.17) is 14.7 Å². The quantitative estimate of drug-likeness (QED) is 0.862. The first-order valence-corrected chi connectivity index (χ1v) is 5.46. The maximum Gasteiger partial charge on any atom is 0.226 e. The number of aryl methyl sites for hydroxylation is 1. The summed E-state index contributed by atoms with van der Waals surface area (Å²) in [6, 6.07) is 1.90. The van der Waals surface area contributed by atoms with Gasteiger partial charge in [0.25, 0.3) is 0 Å². The van der Waals surface area contributed by atoms with Crippen LogP contribution in [0.1, 0.15) is 38.0 Å². The molecule has 0 aliphatic rings. The summed E-state index contributed by atoms with van der Waals surface area (Å²) < 4.78 is 10.5. The molecule has 4 heteroatoms. The van der Waals surface area contributed by atoms with Gasteiger partial charge in [-0.2, -0.15) is 0 Å². The second-order valence-corrected chi connectivity index (χ2v) is 4.07. The summed E-state index contributed by atoms with van der Waals surface area (Å²) in [7, 11) is 0. The number of aromatic nitrogens is 1. The molecule has 0 bridgehead atoms. The SMILES string of the molecule is CCc1occc1-c1noc(N)c1C(C)C. The Morgan fingerprint density at radius 3 is 2.81 bits per heavy atom. The normalized spacial score (nSPS) is 11.2. The molecular weight excluding hydrogens is 204 g/mol. The second kappa shape index (κ2) is 4.04. The molecule has 2 rings (SSSR count). The predicted molar refractivity (Wildman–Crippen MR) is 62.1 cm³/mol. The molecule has 4 nitrogen and oxygen atoms in total. The van der Waals surface area contributed by atoms with E-state index in [1.165, 1.54) is 0 Å². The summed E-state index contributed by atoms with van der Waals surface area (Å²) >= 11 is 0. The lowest BCUT2D eigenvalue weighted by atomic mass is 9.98. The van der Waals surface area contributed by atoms with Crippen LogP contribution in [0.4, 0.5) is 5.88 Å². The molecule has 0 amide bonds. The molecule has 2 N–H and O–H groups in total. The molecule has 0 unspecified atom stereocenters. The zero-order valence-electron chi connectivity index (χ0n) is 9.78. The van der Waals surface area contributed by atoms with Crippen LogP contribution >= 0.6 is 0 Å². The average Bonchev–Trinajstić information content (AvgIpc) is 2.82. The summed E-state index contributed by atoms with van der Waals surface area (Å²) in [5.41, 5.74) is 8.52. The van der Waals surface area contributed by atoms with Crippen LogP contribution < -0.4 is 5.73 Å². The summed E-state index contributed by atoms with van der Waals surface area (Å²) in [5, 5.41) is 4.03. The maximum atomic E-state index is 5.78. The van der Waals surface area contributed by atoms with Crippen molar-refractivity contribution in [3.8, 4) is 11.3 Å². The van der Waals surface area contributed by atoms with Crippen LogP contribution in [0.5, 0.6) is 0 Å². The highest BCUT2D eigenvalue weighted by Gasteiger charge is 2.21. The minimum Gasteiger partial charge on any atom is -0.469 e. The van der Waals surface area contributed by atoms with Crippen molar-refractivity contribution in [3.05, 3.63) is 23.7 Å². The lowest BCUT2D eigenvalue weighted by Crippen LogP contribution is -1.95. The van der Waals surface area contributed by atoms with Crippen LogP contribution in [-0.2, 0) is 6.42 Å². The molecule has 86 valence electrons. The van der Waals surface area contributed by atoms with Crippen molar-refractivity contribution in [2.75, 3.05) is 5.73 Å². The Bertz CT molecular complexity index is 483. The van der Waals surface area contributed by atoms with Gasteiger partial charge >= 0.3 is 0 Å². The highest BCUT2D eigenvalue weighted by molar-refractivity contribution is 5.69. The van der Waals surface area contributed by atoms with E-state index in [1.54, 1.807) is 6.26 Å². The summed E-state index contributed by atoms with van der Waals surface area (Å²) in [4.78, 5) is 0. The van der Waals surface area contributed by atoms with Crippen molar-refractivity contribution >= 4 is 5.88 Å². The van der Waals surface area contributed by atoms with Gasteiger partial charge in [0, 0.05) is 17.5 Å². The molecule has 2 aromatic heterocycles. The van der Waals surface area contributed by atoms with Crippen molar-refractivity contribution < 1.29 is 8.94 Å². The molecule has 0 aliphatic carbocycles. The van der Waals surface area contributed by atoms with Crippen molar-refractivity contribution in [3.63, 3.8) is 0 Å². The Hall–Kier alpha value is -1.71. The topological polar surface area (TPSA) is 65.2 Å². The number of nitrogens with zero attached hydrogens (tertiary/aromatic N) is 1. The number of hydrogen-bond acceptors (Lipinski definition) is 4. The van der Waals surface area contributed by atoms with Crippen molar-refractivity contribution in [1.82, 2.24) is 5.16 Å². The summed E-state index contributed by atoms with van der Waals surface area (Å²) in [6.45, 7) is 6.18. The molecule has 2 aromatic rings. The Balaban J connectivity index is 2.56. The number of anilines is 1. The van der Waals surface area contributed by atoms with Gasteiger partial charge in [-0.3, -0.25) is 0 Å². The maximum absolute atomic E-state index is 5.78. The Labute approximate surface area is 94.4 Å². The van der Waals surface area contributed by atoms with Gasteiger partial charge in [0.2, 0.25) is 5.88 Å². The highest BCUT2D eigenvalue weighted by Crippen LogP contribution is 2.35. The fraction of sp³-hybridized carbons (Fsp3) is 0.417. The Kier molecular flexibility index (Phi) is 2.73. The molecule has 2 heterocycles. The van der Waals surface area contributed by atoms with Crippen molar-refractivity contribution in [2.24, 2.45) is 0 Å². The third kappa shape index (κ3) is 1.60. The standard InChI is InChI=1S/C12H16N2O2/c1-4-9-8(5-6-15-9)11-10(7(2)3)12(13)16-14-11/h5-7H,4,13H2,1-3H3. The number of rotatable bonds is 3. The van der Waals surface area contributed by atoms with Crippen LogP contribution in [-0.4, -0.2) is 5.16 Å². The molecule has 0 atom stereocenters. The lowest BCUT2D eigenvalue weighted by molar-refractivity contribution is 0.437. The smallest absolute Gasteiger partial charge is 0.226 e. The summed E-state index contributed by atoms with van der Waals surface area (Å²) in [6.07, 6.45) is 2.50. The van der Waals surface area contributed by atoms with Gasteiger partial charge in [0.15, 0.2) is 0 Å². The van der Waals surface area contributed by atoms with Gasteiger partial charge in [0.1, 0.15) is 11.5 Å². The zero-order chi connectivity index (χ0) is 11.7. The van der Waals surface area contributed by atoms with E-state index >= 15 is 0 Å². The van der Waals surface area contributed by atoms with Gasteiger partial charge in [-0.1, -0.05) is 25.9 Å². The minimum absolute atomic E-state index is 0.279. The molecule has 0 radical (unpaired) electrons. The minimum atomic E-state index is 0.279. The van der Waals surface area contributed by atoms with Gasteiger partial charge < -0.3 is 14.7 Å². The fourth-order valence-corrected chi connectivity index (χ4v) is 1.89. The molecule has 0 fully saturated rings. The number of nitrogen functional groups attached to an aromatic ring is 1. The first-order chi connectivity index (χ1) is 7.65. The first kappa shape index (κ1) is 10.8. The fourth-order valence-electron chi connectivity index (χ4n) is 1.89. The van der Waals surface area contributed by atoms with Gasteiger partial charge in [-0.05, 0) is 12.0 Å². The molecule has 0 saturated heterocycles. The number of furan rings is 1. The summed E-state index contributed by atoms with van der Waals surface area (Å²) in [5.74, 6) is 1.59. The van der Waals surface area contributed by atoms with Crippen LogP contribution in [0.25, 0.3) is 11.3 Å². The van der Waals surface area contributed by atoms with Gasteiger partial charge in [0.05, 0.1) is 6.26 Å². The van der Waals surface area contributed by atoms with Crippen LogP contribution in [0.3, 0.4) is 0 Å². The predicted octanol–water partition coefficient (Wildman–Crippen LogP) is 3.20. The third-order valence-corrected chi connectivity index (χ3v) is 2.65. The lowest BCUT2D eigenvalue weighted by Gasteiger charge is -2.04. The van der Waals surface area contributed by atoms with E-state index in [0.29, 0.717) is 5.88 Å². The van der Waals surface area contributed by atoms with E-state index in [2.05, 4.69) is 19.0 Å². The number of hydrogen-bond donors (Lipinski definition) is 1. The van der Waals surface area contributed by atoms with E-state index in [-0.39, 0.29) is 5.92 Å². The van der Waals surface area contributed by atoms with Crippen molar-refractivity contribution in [1.29, 1.82) is 0 Å². The zero-order valence-corrected chi connectivity index (χ0v) is 9.78. The second-order valence-electron chi connectivity index (χ2n) is 4.07. The van der Waals surface area contributed by atoms with E-state index in [9.17, 15) is 0 Å². The first-order valence-electron chi connectivity index (χ1n) is 5.46. The monoisotopic (exact) mass is 220 g/mol. The van der Waals surface area contributed by atoms with E-state index < -0.39 is 0 Å². The van der Waals surface area contributed by atoms with Crippen molar-refractivity contribution in [2.45, 2.75) is 33.1 Å². The van der Waals surface area contributed by atoms with Crippen LogP contribution in [0.2, 0.25) is 0 Å².